The van der Waals surface area contributed by atoms with E-state index >= 15 is 0 Å². The topological polar surface area (TPSA) is 58.2 Å². The summed E-state index contributed by atoms with van der Waals surface area (Å²) in [4.78, 5) is 24.8. The van der Waals surface area contributed by atoms with E-state index in [1.807, 2.05) is 38.1 Å². The molecule has 0 bridgehead atoms. The quantitative estimate of drug-likeness (QED) is 0.744. The highest BCUT2D eigenvalue weighted by molar-refractivity contribution is 6.30. The molecule has 0 saturated carbocycles. The Labute approximate surface area is 163 Å². The van der Waals surface area contributed by atoms with E-state index in [2.05, 4.69) is 10.6 Å². The molecular weight excluding hydrogens is 371 g/mol. The van der Waals surface area contributed by atoms with E-state index in [0.717, 1.165) is 5.56 Å². The summed E-state index contributed by atoms with van der Waals surface area (Å²) in [5.74, 6) is -0.536. The minimum atomic E-state index is -0.608. The zero-order chi connectivity index (χ0) is 19.1. The summed E-state index contributed by atoms with van der Waals surface area (Å²) in [6.07, 6.45) is 0.693. The summed E-state index contributed by atoms with van der Waals surface area (Å²) in [7, 11) is 0. The van der Waals surface area contributed by atoms with Crippen LogP contribution >= 0.6 is 23.2 Å². The molecule has 138 valence electrons. The van der Waals surface area contributed by atoms with Crippen LogP contribution in [0.25, 0.3) is 0 Å². The fraction of sp³-hybridized carbons (Fsp3) is 0.300. The number of carbonyl (C=O) groups excluding carboxylic acids is 2. The summed E-state index contributed by atoms with van der Waals surface area (Å²) in [6.45, 7) is 4.28. The number of amides is 2. The Bertz CT molecular complexity index is 743. The van der Waals surface area contributed by atoms with Crippen molar-refractivity contribution >= 4 is 35.0 Å². The third-order valence-corrected chi connectivity index (χ3v) is 4.47. The van der Waals surface area contributed by atoms with Gasteiger partial charge >= 0.3 is 0 Å². The van der Waals surface area contributed by atoms with E-state index in [9.17, 15) is 9.59 Å². The molecule has 0 fully saturated rings. The van der Waals surface area contributed by atoms with Gasteiger partial charge in [0.2, 0.25) is 5.91 Å². The normalized spacial score (nSPS) is 11.9. The first kappa shape index (κ1) is 20.3. The highest BCUT2D eigenvalue weighted by atomic mass is 35.5. The van der Waals surface area contributed by atoms with Gasteiger partial charge in [-0.3, -0.25) is 9.59 Å². The lowest BCUT2D eigenvalue weighted by Crippen LogP contribution is -2.50. The highest BCUT2D eigenvalue weighted by Crippen LogP contribution is 2.11. The number of carbonyl (C=O) groups is 2. The van der Waals surface area contributed by atoms with Crippen LogP contribution in [-0.4, -0.2) is 24.4 Å². The van der Waals surface area contributed by atoms with E-state index in [1.165, 1.54) is 0 Å². The van der Waals surface area contributed by atoms with Gasteiger partial charge in [-0.05, 0) is 54.3 Å². The van der Waals surface area contributed by atoms with Crippen LogP contribution < -0.4 is 10.6 Å². The largest absolute Gasteiger partial charge is 0.354 e. The van der Waals surface area contributed by atoms with Gasteiger partial charge in [0.25, 0.3) is 5.91 Å². The van der Waals surface area contributed by atoms with Crippen LogP contribution in [0.2, 0.25) is 10.0 Å². The first-order valence-corrected chi connectivity index (χ1v) is 9.21. The van der Waals surface area contributed by atoms with Gasteiger partial charge in [0.1, 0.15) is 6.04 Å². The molecule has 1 unspecified atom stereocenters. The van der Waals surface area contributed by atoms with Crippen molar-refractivity contribution in [3.63, 3.8) is 0 Å². The summed E-state index contributed by atoms with van der Waals surface area (Å²) in [5.41, 5.74) is 1.55. The fourth-order valence-electron chi connectivity index (χ4n) is 2.45. The van der Waals surface area contributed by atoms with E-state index in [4.69, 9.17) is 23.2 Å². The average Bonchev–Trinajstić information content (AvgIpc) is 2.61. The Balaban J connectivity index is 1.90. The van der Waals surface area contributed by atoms with Crippen LogP contribution in [0, 0.1) is 5.92 Å². The number of nitrogens with one attached hydrogen (secondary N) is 2. The standard InChI is InChI=1S/C20H22Cl2N2O2/c1-13(2)18(24-19(25)15-5-9-17(22)10-6-15)20(26)23-12-11-14-3-7-16(21)8-4-14/h3-10,13,18H,11-12H2,1-2H3,(H,23,26)(H,24,25). The number of halogens is 2. The Hall–Kier alpha value is -2.04. The van der Waals surface area contributed by atoms with Crippen molar-refractivity contribution in [3.8, 4) is 0 Å². The maximum absolute atomic E-state index is 12.5. The van der Waals surface area contributed by atoms with Crippen LogP contribution in [-0.2, 0) is 11.2 Å². The lowest BCUT2D eigenvalue weighted by molar-refractivity contribution is -0.123. The van der Waals surface area contributed by atoms with Gasteiger partial charge in [-0.25, -0.2) is 0 Å². The molecule has 0 aliphatic rings. The second-order valence-corrected chi connectivity index (χ2v) is 7.24. The lowest BCUT2D eigenvalue weighted by Gasteiger charge is -2.22. The lowest BCUT2D eigenvalue weighted by atomic mass is 10.0. The van der Waals surface area contributed by atoms with Crippen LogP contribution in [0.1, 0.15) is 29.8 Å². The molecule has 0 aromatic heterocycles. The Morgan fingerprint density at radius 1 is 0.923 bits per heavy atom. The zero-order valence-corrected chi connectivity index (χ0v) is 16.3. The smallest absolute Gasteiger partial charge is 0.251 e. The van der Waals surface area contributed by atoms with Crippen molar-refractivity contribution in [2.24, 2.45) is 5.92 Å². The molecule has 1 atom stereocenters. The van der Waals surface area contributed by atoms with E-state index in [-0.39, 0.29) is 17.7 Å². The molecule has 0 heterocycles. The van der Waals surface area contributed by atoms with Gasteiger partial charge in [-0.1, -0.05) is 49.2 Å². The molecule has 0 aliphatic heterocycles. The van der Waals surface area contributed by atoms with Crippen LogP contribution in [0.4, 0.5) is 0 Å². The number of hydrogen-bond donors (Lipinski definition) is 2. The van der Waals surface area contributed by atoms with E-state index in [0.29, 0.717) is 28.6 Å². The SMILES string of the molecule is CC(C)C(NC(=O)c1ccc(Cl)cc1)C(=O)NCCc1ccc(Cl)cc1. The van der Waals surface area contributed by atoms with Gasteiger partial charge < -0.3 is 10.6 Å². The van der Waals surface area contributed by atoms with Gasteiger partial charge in [-0.15, -0.1) is 0 Å². The van der Waals surface area contributed by atoms with Crippen molar-refractivity contribution < 1.29 is 9.59 Å². The predicted octanol–water partition coefficient (Wildman–Crippen LogP) is 4.11. The molecular formula is C20H22Cl2N2O2. The van der Waals surface area contributed by atoms with Gasteiger partial charge in [0, 0.05) is 22.2 Å². The molecule has 6 heteroatoms. The van der Waals surface area contributed by atoms with Crippen molar-refractivity contribution in [2.75, 3.05) is 6.54 Å². The van der Waals surface area contributed by atoms with Crippen LogP contribution in [0.3, 0.4) is 0 Å². The van der Waals surface area contributed by atoms with Gasteiger partial charge in [0.05, 0.1) is 0 Å². The molecule has 0 aliphatic carbocycles. The van der Waals surface area contributed by atoms with Crippen molar-refractivity contribution in [1.29, 1.82) is 0 Å². The van der Waals surface area contributed by atoms with E-state index in [1.54, 1.807) is 24.3 Å². The maximum atomic E-state index is 12.5. The van der Waals surface area contributed by atoms with Gasteiger partial charge in [-0.2, -0.15) is 0 Å². The molecule has 2 aromatic carbocycles. The number of benzene rings is 2. The third kappa shape index (κ3) is 6.04. The molecule has 2 rings (SSSR count). The fourth-order valence-corrected chi connectivity index (χ4v) is 2.70. The molecule has 0 spiro atoms. The van der Waals surface area contributed by atoms with Crippen LogP contribution in [0.15, 0.2) is 48.5 Å². The first-order chi connectivity index (χ1) is 12.4. The van der Waals surface area contributed by atoms with Crippen LogP contribution in [0.5, 0.6) is 0 Å². The third-order valence-electron chi connectivity index (χ3n) is 3.97. The number of hydrogen-bond acceptors (Lipinski definition) is 2. The monoisotopic (exact) mass is 392 g/mol. The minimum absolute atomic E-state index is 0.0400. The molecule has 26 heavy (non-hydrogen) atoms. The zero-order valence-electron chi connectivity index (χ0n) is 14.8. The molecule has 2 N–H and O–H groups in total. The predicted molar refractivity (Wildman–Crippen MR) is 106 cm³/mol. The summed E-state index contributed by atoms with van der Waals surface area (Å²) in [6, 6.07) is 13.4. The molecule has 2 aromatic rings. The van der Waals surface area contributed by atoms with E-state index < -0.39 is 6.04 Å². The van der Waals surface area contributed by atoms with Crippen molar-refractivity contribution in [1.82, 2.24) is 10.6 Å². The first-order valence-electron chi connectivity index (χ1n) is 8.45. The Kier molecular flexibility index (Phi) is 7.49. The number of rotatable bonds is 7. The maximum Gasteiger partial charge on any atom is 0.251 e. The molecule has 0 saturated heterocycles. The summed E-state index contributed by atoms with van der Waals surface area (Å²) >= 11 is 11.7. The van der Waals surface area contributed by atoms with Crippen molar-refractivity contribution in [2.45, 2.75) is 26.3 Å². The summed E-state index contributed by atoms with van der Waals surface area (Å²) in [5, 5.41) is 6.92. The second-order valence-electron chi connectivity index (χ2n) is 6.37. The minimum Gasteiger partial charge on any atom is -0.354 e. The summed E-state index contributed by atoms with van der Waals surface area (Å²) < 4.78 is 0. The molecule has 0 radical (unpaired) electrons. The molecule has 4 nitrogen and oxygen atoms in total. The second kappa shape index (κ2) is 9.60. The Morgan fingerprint density at radius 2 is 1.46 bits per heavy atom. The Morgan fingerprint density at radius 3 is 2.00 bits per heavy atom. The highest BCUT2D eigenvalue weighted by Gasteiger charge is 2.24. The van der Waals surface area contributed by atoms with Gasteiger partial charge in [0.15, 0.2) is 0 Å². The molecule has 2 amide bonds. The average molecular weight is 393 g/mol. The van der Waals surface area contributed by atoms with Crippen molar-refractivity contribution in [3.05, 3.63) is 69.7 Å².